The molecule has 3 amide bonds. The summed E-state index contributed by atoms with van der Waals surface area (Å²) in [5.74, 6) is -5.47. The molecule has 14 heteroatoms. The summed E-state index contributed by atoms with van der Waals surface area (Å²) in [6.45, 7) is 0.447. The van der Waals surface area contributed by atoms with Crippen LogP contribution in [-0.4, -0.2) is 81.3 Å². The Morgan fingerprint density at radius 1 is 0.921 bits per heavy atom. The molecule has 38 heavy (non-hydrogen) atoms. The summed E-state index contributed by atoms with van der Waals surface area (Å²) >= 11 is 3.87. The second kappa shape index (κ2) is 15.0. The summed E-state index contributed by atoms with van der Waals surface area (Å²) in [5.41, 5.74) is 13.0. The number of carbonyl (C=O) groups is 5. The molecule has 0 aliphatic rings. The first-order chi connectivity index (χ1) is 18.1. The number of hydrogen-bond donors (Lipinski definition) is 9. The molecule has 208 valence electrons. The van der Waals surface area contributed by atoms with Crippen LogP contribution in [0.25, 0.3) is 10.9 Å². The van der Waals surface area contributed by atoms with Crippen molar-refractivity contribution in [3.05, 3.63) is 36.0 Å². The SMILES string of the molecule is NCCCCC(N)C(=O)NC(Cc1c[nH]c2ccccc12)C(=O)NC(CC(=O)O)C(=O)NC(CS)C(=O)O. The number of H-pyrrole nitrogens is 1. The maximum atomic E-state index is 13.3. The molecule has 2 aromatic rings. The number of carboxylic acids is 2. The van der Waals surface area contributed by atoms with Crippen LogP contribution in [0.2, 0.25) is 0 Å². The number of fused-ring (bicyclic) bond motifs is 1. The lowest BCUT2D eigenvalue weighted by atomic mass is 10.0. The van der Waals surface area contributed by atoms with Gasteiger partial charge in [-0.15, -0.1) is 0 Å². The average molecular weight is 551 g/mol. The molecule has 0 saturated heterocycles. The van der Waals surface area contributed by atoms with E-state index in [2.05, 4.69) is 33.6 Å². The van der Waals surface area contributed by atoms with Crippen LogP contribution in [0.1, 0.15) is 31.2 Å². The van der Waals surface area contributed by atoms with Gasteiger partial charge in [-0.2, -0.15) is 12.6 Å². The van der Waals surface area contributed by atoms with E-state index < -0.39 is 60.2 Å². The highest BCUT2D eigenvalue weighted by atomic mass is 32.1. The first-order valence-corrected chi connectivity index (χ1v) is 12.7. The van der Waals surface area contributed by atoms with E-state index in [0.29, 0.717) is 31.4 Å². The second-order valence-electron chi connectivity index (χ2n) is 8.76. The predicted molar refractivity (Wildman–Crippen MR) is 142 cm³/mol. The van der Waals surface area contributed by atoms with Gasteiger partial charge in [0.25, 0.3) is 0 Å². The Balaban J connectivity index is 2.27. The molecule has 13 nitrogen and oxygen atoms in total. The highest BCUT2D eigenvalue weighted by Crippen LogP contribution is 2.19. The number of rotatable bonds is 16. The molecule has 0 bridgehead atoms. The van der Waals surface area contributed by atoms with E-state index in [1.165, 1.54) is 0 Å². The zero-order chi connectivity index (χ0) is 28.2. The third-order valence-electron chi connectivity index (χ3n) is 5.85. The number of aliphatic carboxylic acids is 2. The van der Waals surface area contributed by atoms with Gasteiger partial charge in [0.05, 0.1) is 12.5 Å². The van der Waals surface area contributed by atoms with Gasteiger partial charge in [0, 0.05) is 29.3 Å². The lowest BCUT2D eigenvalue weighted by Gasteiger charge is -2.24. The minimum Gasteiger partial charge on any atom is -0.481 e. The van der Waals surface area contributed by atoms with Crippen LogP contribution in [0, 0.1) is 0 Å². The number of thiol groups is 1. The third-order valence-corrected chi connectivity index (χ3v) is 6.21. The van der Waals surface area contributed by atoms with E-state index in [4.69, 9.17) is 11.5 Å². The monoisotopic (exact) mass is 550 g/mol. The number of carboxylic acid groups (broad SMARTS) is 2. The lowest BCUT2D eigenvalue weighted by Crippen LogP contribution is -2.58. The van der Waals surface area contributed by atoms with Crippen LogP contribution in [0.4, 0.5) is 0 Å². The number of unbranched alkanes of at least 4 members (excludes halogenated alkanes) is 1. The number of para-hydroxylation sites is 1. The van der Waals surface area contributed by atoms with Gasteiger partial charge in [-0.05, 0) is 31.0 Å². The Kier molecular flexibility index (Phi) is 12.0. The first-order valence-electron chi connectivity index (χ1n) is 12.0. The zero-order valence-electron chi connectivity index (χ0n) is 20.7. The Labute approximate surface area is 224 Å². The number of aromatic amines is 1. The summed E-state index contributed by atoms with van der Waals surface area (Å²) in [5, 5.41) is 26.4. The summed E-state index contributed by atoms with van der Waals surface area (Å²) < 4.78 is 0. The van der Waals surface area contributed by atoms with Crippen molar-refractivity contribution in [2.24, 2.45) is 11.5 Å². The largest absolute Gasteiger partial charge is 0.481 e. The molecule has 0 aliphatic carbocycles. The molecular weight excluding hydrogens is 516 g/mol. The van der Waals surface area contributed by atoms with Crippen molar-refractivity contribution in [3.8, 4) is 0 Å². The smallest absolute Gasteiger partial charge is 0.327 e. The number of nitrogens with one attached hydrogen (secondary N) is 4. The fraction of sp³-hybridized carbons (Fsp3) is 0.458. The molecule has 4 atom stereocenters. The fourth-order valence-electron chi connectivity index (χ4n) is 3.76. The molecule has 0 aliphatic heterocycles. The van der Waals surface area contributed by atoms with Crippen LogP contribution < -0.4 is 27.4 Å². The van der Waals surface area contributed by atoms with E-state index in [9.17, 15) is 34.2 Å². The number of aromatic nitrogens is 1. The maximum Gasteiger partial charge on any atom is 0.327 e. The van der Waals surface area contributed by atoms with E-state index in [1.54, 1.807) is 6.20 Å². The van der Waals surface area contributed by atoms with Gasteiger partial charge in [0.2, 0.25) is 17.7 Å². The molecule has 0 radical (unpaired) electrons. The van der Waals surface area contributed by atoms with Crippen molar-refractivity contribution < 1.29 is 34.2 Å². The quantitative estimate of drug-likeness (QED) is 0.0931. The van der Waals surface area contributed by atoms with Crippen molar-refractivity contribution in [2.75, 3.05) is 12.3 Å². The highest BCUT2D eigenvalue weighted by molar-refractivity contribution is 7.80. The Hall–Kier alpha value is -3.62. The molecule has 0 fully saturated rings. The topological polar surface area (TPSA) is 230 Å². The van der Waals surface area contributed by atoms with Crippen LogP contribution in [0.5, 0.6) is 0 Å². The van der Waals surface area contributed by atoms with Crippen molar-refractivity contribution in [1.29, 1.82) is 0 Å². The molecule has 1 aromatic heterocycles. The third kappa shape index (κ3) is 9.04. The van der Waals surface area contributed by atoms with E-state index >= 15 is 0 Å². The minimum absolute atomic E-state index is 0.00685. The summed E-state index contributed by atoms with van der Waals surface area (Å²) in [7, 11) is 0. The number of hydrogen-bond acceptors (Lipinski definition) is 8. The average Bonchev–Trinajstić information content (AvgIpc) is 3.28. The van der Waals surface area contributed by atoms with Crippen LogP contribution >= 0.6 is 12.6 Å². The molecule has 1 heterocycles. The fourth-order valence-corrected chi connectivity index (χ4v) is 4.01. The summed E-state index contributed by atoms with van der Waals surface area (Å²) in [4.78, 5) is 64.5. The van der Waals surface area contributed by atoms with Gasteiger partial charge in [0.15, 0.2) is 0 Å². The second-order valence-corrected chi connectivity index (χ2v) is 9.12. The summed E-state index contributed by atoms with van der Waals surface area (Å²) in [6, 6.07) is 2.19. The zero-order valence-corrected chi connectivity index (χ0v) is 21.6. The maximum absolute atomic E-state index is 13.3. The number of benzene rings is 1. The Morgan fingerprint density at radius 2 is 1.55 bits per heavy atom. The highest BCUT2D eigenvalue weighted by Gasteiger charge is 2.31. The molecule has 2 rings (SSSR count). The molecule has 10 N–H and O–H groups in total. The lowest BCUT2D eigenvalue weighted by molar-refractivity contribution is -0.143. The van der Waals surface area contributed by atoms with Gasteiger partial charge in [-0.3, -0.25) is 19.2 Å². The van der Waals surface area contributed by atoms with E-state index in [-0.39, 0.29) is 12.2 Å². The van der Waals surface area contributed by atoms with Gasteiger partial charge in [-0.1, -0.05) is 24.6 Å². The van der Waals surface area contributed by atoms with Crippen molar-refractivity contribution in [2.45, 2.75) is 56.3 Å². The molecular formula is C24H34N6O7S. The van der Waals surface area contributed by atoms with Gasteiger partial charge in [-0.25, -0.2) is 4.79 Å². The minimum atomic E-state index is -1.61. The standard InChI is InChI=1S/C24H34N6O7S/c25-8-4-3-6-15(26)21(33)28-17(9-13-11-27-16-7-2-1-5-14(13)16)22(34)29-18(10-20(31)32)23(35)30-19(12-38)24(36)37/h1-2,5,7,11,15,17-19,27,38H,3-4,6,8-10,12,25-26H2,(H,28,33)(H,29,34)(H,30,35)(H,31,32)(H,36,37). The van der Waals surface area contributed by atoms with E-state index in [1.807, 2.05) is 24.3 Å². The molecule has 0 saturated carbocycles. The van der Waals surface area contributed by atoms with Crippen LogP contribution in [-0.2, 0) is 30.4 Å². The van der Waals surface area contributed by atoms with Gasteiger partial charge in [0.1, 0.15) is 18.1 Å². The van der Waals surface area contributed by atoms with Crippen molar-refractivity contribution in [1.82, 2.24) is 20.9 Å². The normalized spacial score (nSPS) is 14.2. The number of amides is 3. The Bertz CT molecular complexity index is 1140. The Morgan fingerprint density at radius 3 is 2.18 bits per heavy atom. The van der Waals surface area contributed by atoms with Crippen molar-refractivity contribution in [3.63, 3.8) is 0 Å². The van der Waals surface area contributed by atoms with Gasteiger partial charge >= 0.3 is 11.9 Å². The predicted octanol–water partition coefficient (Wildman–Crippen LogP) is -0.890. The molecule has 1 aromatic carbocycles. The van der Waals surface area contributed by atoms with Crippen LogP contribution in [0.3, 0.4) is 0 Å². The summed E-state index contributed by atoms with van der Waals surface area (Å²) in [6.07, 6.45) is 2.51. The van der Waals surface area contributed by atoms with E-state index in [0.717, 1.165) is 10.9 Å². The number of carbonyl (C=O) groups excluding carboxylic acids is 3. The number of nitrogens with two attached hydrogens (primary N) is 2. The first kappa shape index (κ1) is 30.6. The van der Waals surface area contributed by atoms with Crippen LogP contribution in [0.15, 0.2) is 30.5 Å². The molecule has 4 unspecified atom stereocenters. The van der Waals surface area contributed by atoms with Crippen molar-refractivity contribution >= 4 is 53.2 Å². The molecule has 0 spiro atoms. The van der Waals surface area contributed by atoms with Gasteiger partial charge < -0.3 is 42.6 Å².